The highest BCUT2D eigenvalue weighted by atomic mass is 28.4. The van der Waals surface area contributed by atoms with E-state index in [1.165, 1.54) is 0 Å². The van der Waals surface area contributed by atoms with Gasteiger partial charge in [-0.05, 0) is 28.4 Å². The van der Waals surface area contributed by atoms with E-state index in [0.29, 0.717) is 13.2 Å². The molecule has 1 rings (SSSR count). The summed E-state index contributed by atoms with van der Waals surface area (Å²) >= 11 is 0. The lowest BCUT2D eigenvalue weighted by Crippen LogP contribution is -2.41. The lowest BCUT2D eigenvalue weighted by molar-refractivity contribution is 0.189. The zero-order valence-corrected chi connectivity index (χ0v) is 13.0. The summed E-state index contributed by atoms with van der Waals surface area (Å²) < 4.78 is 15.8. The molecule has 1 aromatic heterocycles. The van der Waals surface area contributed by atoms with Crippen molar-refractivity contribution in [1.29, 1.82) is 0 Å². The average molecular weight is 287 g/mol. The van der Waals surface area contributed by atoms with Gasteiger partial charge in [-0.3, -0.25) is 0 Å². The van der Waals surface area contributed by atoms with Gasteiger partial charge in [-0.2, -0.15) is 0 Å². The molecular formula is C11H21N3O4Si. The highest BCUT2D eigenvalue weighted by Gasteiger charge is 2.36. The van der Waals surface area contributed by atoms with E-state index >= 15 is 0 Å². The standard InChI is InChI=1S/C11H21N3O4Si/c1-11(2,3)19(4,5)17-7-6-16-10-9(8-12-15)13-18-14-10/h8,15H,6-7H2,1-5H3/b12-8+. The molecule has 0 spiro atoms. The number of nitrogens with zero attached hydrogens (tertiary/aromatic N) is 3. The van der Waals surface area contributed by atoms with Crippen LogP contribution in [0.15, 0.2) is 9.78 Å². The SMILES string of the molecule is CC(C)(C)[Si](C)(C)OCCOc1nonc1/C=N/O. The Bertz CT molecular complexity index is 426. The molecule has 19 heavy (non-hydrogen) atoms. The maximum atomic E-state index is 8.42. The van der Waals surface area contributed by atoms with Crippen molar-refractivity contribution in [3.05, 3.63) is 5.69 Å². The van der Waals surface area contributed by atoms with Crippen LogP contribution in [-0.2, 0) is 4.43 Å². The second-order valence-corrected chi connectivity index (χ2v) is 10.5. The zero-order chi connectivity index (χ0) is 14.5. The Morgan fingerprint density at radius 1 is 1.32 bits per heavy atom. The normalized spacial score (nSPS) is 13.1. The largest absolute Gasteiger partial charge is 0.471 e. The minimum absolute atomic E-state index is 0.164. The van der Waals surface area contributed by atoms with Crippen molar-refractivity contribution in [2.24, 2.45) is 5.16 Å². The molecule has 0 amide bonds. The fourth-order valence-corrected chi connectivity index (χ4v) is 2.10. The molecule has 0 atom stereocenters. The summed E-state index contributed by atoms with van der Waals surface area (Å²) in [6.07, 6.45) is 1.10. The van der Waals surface area contributed by atoms with E-state index in [0.717, 1.165) is 6.21 Å². The fraction of sp³-hybridized carbons (Fsp3) is 0.727. The van der Waals surface area contributed by atoms with Gasteiger partial charge in [-0.1, -0.05) is 25.9 Å². The minimum Gasteiger partial charge on any atom is -0.471 e. The summed E-state index contributed by atoms with van der Waals surface area (Å²) in [6, 6.07) is 0. The van der Waals surface area contributed by atoms with Crippen molar-refractivity contribution in [3.63, 3.8) is 0 Å². The molecule has 0 aromatic carbocycles. The third kappa shape index (κ3) is 4.32. The van der Waals surface area contributed by atoms with Crippen LogP contribution < -0.4 is 4.74 Å². The third-order valence-electron chi connectivity index (χ3n) is 3.25. The highest BCUT2D eigenvalue weighted by molar-refractivity contribution is 6.74. The van der Waals surface area contributed by atoms with Crippen LogP contribution in [0.4, 0.5) is 0 Å². The van der Waals surface area contributed by atoms with Crippen molar-refractivity contribution in [1.82, 2.24) is 10.3 Å². The summed E-state index contributed by atoms with van der Waals surface area (Å²) in [6.45, 7) is 11.7. The molecule has 0 fully saturated rings. The van der Waals surface area contributed by atoms with E-state index in [9.17, 15) is 0 Å². The zero-order valence-electron chi connectivity index (χ0n) is 12.0. The number of aromatic nitrogens is 2. The minimum atomic E-state index is -1.76. The van der Waals surface area contributed by atoms with E-state index < -0.39 is 8.32 Å². The van der Waals surface area contributed by atoms with Gasteiger partial charge in [0.15, 0.2) is 14.0 Å². The van der Waals surface area contributed by atoms with Gasteiger partial charge in [0.25, 0.3) is 5.88 Å². The second-order valence-electron chi connectivity index (χ2n) is 5.66. The van der Waals surface area contributed by atoms with Crippen LogP contribution in [0, 0.1) is 0 Å². The summed E-state index contributed by atoms with van der Waals surface area (Å²) in [5, 5.41) is 18.5. The molecule has 0 saturated carbocycles. The van der Waals surface area contributed by atoms with E-state index in [4.69, 9.17) is 14.4 Å². The summed E-state index contributed by atoms with van der Waals surface area (Å²) in [5.41, 5.74) is 0.245. The molecule has 0 unspecified atom stereocenters. The number of hydrogen-bond donors (Lipinski definition) is 1. The quantitative estimate of drug-likeness (QED) is 0.284. The van der Waals surface area contributed by atoms with Crippen molar-refractivity contribution in [2.45, 2.75) is 38.9 Å². The van der Waals surface area contributed by atoms with Gasteiger partial charge >= 0.3 is 0 Å². The predicted octanol–water partition coefficient (Wildman–Crippen LogP) is 2.28. The maximum Gasteiger partial charge on any atom is 0.285 e. The van der Waals surface area contributed by atoms with Crippen molar-refractivity contribution >= 4 is 14.5 Å². The van der Waals surface area contributed by atoms with E-state index in [1.807, 2.05) is 0 Å². The molecule has 1 aromatic rings. The number of oxime groups is 1. The third-order valence-corrected chi connectivity index (χ3v) is 7.79. The Kier molecular flexibility index (Phi) is 5.07. The molecule has 0 aliphatic rings. The van der Waals surface area contributed by atoms with Crippen LogP contribution >= 0.6 is 0 Å². The molecule has 0 saturated heterocycles. The first kappa shape index (κ1) is 15.6. The number of hydrogen-bond acceptors (Lipinski definition) is 7. The first-order valence-corrected chi connectivity index (χ1v) is 8.95. The molecular weight excluding hydrogens is 266 g/mol. The van der Waals surface area contributed by atoms with Crippen molar-refractivity contribution in [3.8, 4) is 5.88 Å². The highest BCUT2D eigenvalue weighted by Crippen LogP contribution is 2.36. The van der Waals surface area contributed by atoms with E-state index in [1.54, 1.807) is 0 Å². The fourth-order valence-electron chi connectivity index (χ4n) is 1.07. The predicted molar refractivity (Wildman–Crippen MR) is 72.3 cm³/mol. The molecule has 1 heterocycles. The first-order valence-electron chi connectivity index (χ1n) is 6.04. The van der Waals surface area contributed by atoms with Gasteiger partial charge in [0.1, 0.15) is 12.8 Å². The molecule has 1 N–H and O–H groups in total. The maximum absolute atomic E-state index is 8.42. The molecule has 8 heteroatoms. The van der Waals surface area contributed by atoms with E-state index in [2.05, 4.69) is 54.0 Å². The van der Waals surface area contributed by atoms with Gasteiger partial charge in [0, 0.05) is 0 Å². The molecule has 0 aliphatic heterocycles. The van der Waals surface area contributed by atoms with Gasteiger partial charge in [-0.15, -0.1) is 0 Å². The molecule has 108 valence electrons. The van der Waals surface area contributed by atoms with Crippen LogP contribution in [0.1, 0.15) is 26.5 Å². The number of rotatable bonds is 6. The molecule has 0 bridgehead atoms. The van der Waals surface area contributed by atoms with Crippen molar-refractivity contribution in [2.75, 3.05) is 13.2 Å². The molecule has 7 nitrogen and oxygen atoms in total. The molecule has 0 radical (unpaired) electrons. The monoisotopic (exact) mass is 287 g/mol. The van der Waals surface area contributed by atoms with Gasteiger partial charge < -0.3 is 14.4 Å². The van der Waals surface area contributed by atoms with Gasteiger partial charge in [0.2, 0.25) is 0 Å². The first-order chi connectivity index (χ1) is 8.78. The van der Waals surface area contributed by atoms with Crippen LogP contribution in [-0.4, -0.2) is 43.3 Å². The summed E-state index contributed by atoms with van der Waals surface area (Å²) in [5.74, 6) is 0.191. The Labute approximate surface area is 113 Å². The average Bonchev–Trinajstić information content (AvgIpc) is 2.71. The summed E-state index contributed by atoms with van der Waals surface area (Å²) in [4.78, 5) is 0. The number of ether oxygens (including phenoxy) is 1. The Hall–Kier alpha value is -1.41. The van der Waals surface area contributed by atoms with Crippen LogP contribution in [0.3, 0.4) is 0 Å². The van der Waals surface area contributed by atoms with E-state index in [-0.39, 0.29) is 16.6 Å². The molecule has 0 aliphatic carbocycles. The Balaban J connectivity index is 2.41. The lowest BCUT2D eigenvalue weighted by Gasteiger charge is -2.36. The van der Waals surface area contributed by atoms with Crippen molar-refractivity contribution < 1.29 is 19.0 Å². The van der Waals surface area contributed by atoms with Gasteiger partial charge in [-0.25, -0.2) is 4.63 Å². The van der Waals surface area contributed by atoms with Crippen LogP contribution in [0.2, 0.25) is 18.1 Å². The summed E-state index contributed by atoms with van der Waals surface area (Å²) in [7, 11) is -1.76. The van der Waals surface area contributed by atoms with Crippen LogP contribution in [0.5, 0.6) is 5.88 Å². The van der Waals surface area contributed by atoms with Crippen LogP contribution in [0.25, 0.3) is 0 Å². The lowest BCUT2D eigenvalue weighted by atomic mass is 10.2. The Morgan fingerprint density at radius 2 is 2.00 bits per heavy atom. The second kappa shape index (κ2) is 6.16. The smallest absolute Gasteiger partial charge is 0.285 e. The van der Waals surface area contributed by atoms with Gasteiger partial charge in [0.05, 0.1) is 6.61 Å². The Morgan fingerprint density at radius 3 is 2.58 bits per heavy atom. The topological polar surface area (TPSA) is 90.0 Å².